The van der Waals surface area contributed by atoms with Crippen LogP contribution in [0.5, 0.6) is 11.5 Å². The average molecular weight is 538 g/mol. The van der Waals surface area contributed by atoms with Crippen molar-refractivity contribution in [2.45, 2.75) is 51.2 Å². The van der Waals surface area contributed by atoms with E-state index in [1.54, 1.807) is 12.1 Å². The molecule has 2 N–H and O–H groups in total. The Kier molecular flexibility index (Phi) is 8.96. The molecule has 1 unspecified atom stereocenters. The number of fused-ring (bicyclic) bond motifs is 1. The Bertz CT molecular complexity index is 1450. The molecule has 6 heteroatoms. The first-order valence-electron chi connectivity index (χ1n) is 14.0. The van der Waals surface area contributed by atoms with Crippen LogP contribution >= 0.6 is 0 Å². The van der Waals surface area contributed by atoms with E-state index in [-0.39, 0.29) is 6.42 Å². The van der Waals surface area contributed by atoms with Gasteiger partial charge in [0.15, 0.2) is 0 Å². The van der Waals surface area contributed by atoms with Crippen LogP contribution in [0.2, 0.25) is 0 Å². The van der Waals surface area contributed by atoms with Crippen molar-refractivity contribution in [2.24, 2.45) is 5.92 Å². The molecule has 4 aromatic carbocycles. The zero-order valence-electron chi connectivity index (χ0n) is 22.6. The van der Waals surface area contributed by atoms with E-state index in [1.807, 2.05) is 78.9 Å². The van der Waals surface area contributed by atoms with Crippen LogP contribution in [-0.4, -0.2) is 29.6 Å². The summed E-state index contributed by atoms with van der Waals surface area (Å²) in [5, 5.41) is 14.1. The molecule has 0 heterocycles. The summed E-state index contributed by atoms with van der Waals surface area (Å²) in [6, 6.07) is 27.4. The standard InChI is InChI=1S/C34H35NO5/c36-33(35-32(34(37)38)19-24-8-3-1-4-9-24)29-15-14-28-21-31(17-16-27(28)20-29)40-23-26-12-7-13-30(18-26)39-22-25-10-5-2-6-11-25/h1,3-4,7-9,12-18,20-21,25,32H,2,5-6,10-11,19,22-23H2,(H,35,36)(H,37,38). The van der Waals surface area contributed by atoms with E-state index in [2.05, 4.69) is 5.32 Å². The van der Waals surface area contributed by atoms with Crippen LogP contribution in [0.4, 0.5) is 0 Å². The lowest BCUT2D eigenvalue weighted by atomic mass is 9.90. The van der Waals surface area contributed by atoms with Gasteiger partial charge in [0.2, 0.25) is 0 Å². The highest BCUT2D eigenvalue weighted by molar-refractivity contribution is 6.00. The minimum atomic E-state index is -1.07. The average Bonchev–Trinajstić information content (AvgIpc) is 2.99. The molecule has 6 nitrogen and oxygen atoms in total. The number of aliphatic carboxylic acids is 1. The van der Waals surface area contributed by atoms with Crippen LogP contribution in [0.25, 0.3) is 10.8 Å². The summed E-state index contributed by atoms with van der Waals surface area (Å²) in [5.41, 5.74) is 2.29. The molecule has 0 spiro atoms. The van der Waals surface area contributed by atoms with Gasteiger partial charge in [-0.1, -0.05) is 73.9 Å². The van der Waals surface area contributed by atoms with Crippen molar-refractivity contribution < 1.29 is 24.2 Å². The third-order valence-corrected chi connectivity index (χ3v) is 7.47. The van der Waals surface area contributed by atoms with Crippen LogP contribution in [0, 0.1) is 5.92 Å². The van der Waals surface area contributed by atoms with E-state index in [4.69, 9.17) is 9.47 Å². The van der Waals surface area contributed by atoms with Gasteiger partial charge in [-0.2, -0.15) is 0 Å². The van der Waals surface area contributed by atoms with E-state index >= 15 is 0 Å². The first-order chi connectivity index (χ1) is 19.5. The lowest BCUT2D eigenvalue weighted by Gasteiger charge is -2.21. The maximum absolute atomic E-state index is 12.9. The Hall–Kier alpha value is -4.32. The number of benzene rings is 4. The number of carboxylic acid groups (broad SMARTS) is 1. The summed E-state index contributed by atoms with van der Waals surface area (Å²) < 4.78 is 12.1. The minimum absolute atomic E-state index is 0.214. The number of carboxylic acids is 1. The Morgan fingerprint density at radius 1 is 0.775 bits per heavy atom. The molecule has 4 aromatic rings. The molecule has 1 saturated carbocycles. The van der Waals surface area contributed by atoms with Gasteiger partial charge in [-0.05, 0) is 77.1 Å². The van der Waals surface area contributed by atoms with Gasteiger partial charge in [-0.15, -0.1) is 0 Å². The van der Waals surface area contributed by atoms with Crippen molar-refractivity contribution in [2.75, 3.05) is 6.61 Å². The summed E-state index contributed by atoms with van der Waals surface area (Å²) in [4.78, 5) is 24.6. The number of ether oxygens (including phenoxy) is 2. The zero-order chi connectivity index (χ0) is 27.7. The van der Waals surface area contributed by atoms with E-state index in [1.165, 1.54) is 32.1 Å². The molecular weight excluding hydrogens is 502 g/mol. The summed E-state index contributed by atoms with van der Waals surface area (Å²) >= 11 is 0. The largest absolute Gasteiger partial charge is 0.493 e. The van der Waals surface area contributed by atoms with Crippen LogP contribution in [-0.2, 0) is 17.8 Å². The van der Waals surface area contributed by atoms with Gasteiger partial charge >= 0.3 is 5.97 Å². The monoisotopic (exact) mass is 537 g/mol. The molecule has 1 aliphatic rings. The molecule has 0 saturated heterocycles. The van der Waals surface area contributed by atoms with Gasteiger partial charge in [-0.3, -0.25) is 4.79 Å². The predicted octanol–water partition coefficient (Wildman–Crippen LogP) is 6.80. The molecule has 40 heavy (non-hydrogen) atoms. The van der Waals surface area contributed by atoms with Crippen molar-refractivity contribution in [1.29, 1.82) is 0 Å². The van der Waals surface area contributed by atoms with Crippen LogP contribution < -0.4 is 14.8 Å². The van der Waals surface area contributed by atoms with Gasteiger partial charge in [0, 0.05) is 12.0 Å². The summed E-state index contributed by atoms with van der Waals surface area (Å²) in [6.07, 6.45) is 6.69. The van der Waals surface area contributed by atoms with E-state index < -0.39 is 17.9 Å². The minimum Gasteiger partial charge on any atom is -0.493 e. The highest BCUT2D eigenvalue weighted by Crippen LogP contribution is 2.26. The lowest BCUT2D eigenvalue weighted by molar-refractivity contribution is -0.139. The molecule has 5 rings (SSSR count). The maximum atomic E-state index is 12.9. The fourth-order valence-corrected chi connectivity index (χ4v) is 5.21. The van der Waals surface area contributed by atoms with Gasteiger partial charge in [-0.25, -0.2) is 4.79 Å². The molecule has 1 fully saturated rings. The highest BCUT2D eigenvalue weighted by atomic mass is 16.5. The number of hydrogen-bond donors (Lipinski definition) is 2. The third kappa shape index (κ3) is 7.41. The molecule has 0 radical (unpaired) electrons. The second kappa shape index (κ2) is 13.2. The van der Waals surface area contributed by atoms with E-state index in [0.29, 0.717) is 18.1 Å². The van der Waals surface area contributed by atoms with Crippen molar-refractivity contribution in [3.63, 3.8) is 0 Å². The number of hydrogen-bond acceptors (Lipinski definition) is 4. The topological polar surface area (TPSA) is 84.9 Å². The van der Waals surface area contributed by atoms with Crippen LogP contribution in [0.1, 0.15) is 53.6 Å². The number of nitrogens with one attached hydrogen (secondary N) is 1. The molecule has 1 aliphatic carbocycles. The molecule has 0 aromatic heterocycles. The molecule has 0 bridgehead atoms. The first kappa shape index (κ1) is 27.3. The number of carbonyl (C=O) groups excluding carboxylic acids is 1. The highest BCUT2D eigenvalue weighted by Gasteiger charge is 2.21. The second-order valence-corrected chi connectivity index (χ2v) is 10.5. The Labute approximate surface area is 234 Å². The maximum Gasteiger partial charge on any atom is 0.326 e. The SMILES string of the molecule is O=C(NC(Cc1ccccc1)C(=O)O)c1ccc2cc(OCc3cccc(OCC4CCCCC4)c3)ccc2c1. The van der Waals surface area contributed by atoms with E-state index in [9.17, 15) is 14.7 Å². The normalized spacial score (nSPS) is 14.4. The van der Waals surface area contributed by atoms with Gasteiger partial charge in [0.1, 0.15) is 24.1 Å². The van der Waals surface area contributed by atoms with Crippen LogP contribution in [0.3, 0.4) is 0 Å². The molecular formula is C34H35NO5. The van der Waals surface area contributed by atoms with Gasteiger partial charge < -0.3 is 19.9 Å². The Morgan fingerprint density at radius 3 is 2.30 bits per heavy atom. The van der Waals surface area contributed by atoms with Crippen molar-refractivity contribution in [3.8, 4) is 11.5 Å². The summed E-state index contributed by atoms with van der Waals surface area (Å²) in [6.45, 7) is 1.20. The number of carbonyl (C=O) groups is 2. The number of rotatable bonds is 11. The van der Waals surface area contributed by atoms with E-state index in [0.717, 1.165) is 40.0 Å². The molecule has 1 atom stereocenters. The molecule has 206 valence electrons. The molecule has 0 aliphatic heterocycles. The smallest absolute Gasteiger partial charge is 0.326 e. The number of amides is 1. The molecule has 1 amide bonds. The van der Waals surface area contributed by atoms with Crippen molar-refractivity contribution >= 4 is 22.6 Å². The predicted molar refractivity (Wildman–Crippen MR) is 156 cm³/mol. The Morgan fingerprint density at radius 2 is 1.50 bits per heavy atom. The second-order valence-electron chi connectivity index (χ2n) is 10.5. The summed E-state index contributed by atoms with van der Waals surface area (Å²) in [5.74, 6) is 0.778. The zero-order valence-corrected chi connectivity index (χ0v) is 22.6. The lowest BCUT2D eigenvalue weighted by Crippen LogP contribution is -2.42. The quantitative estimate of drug-likeness (QED) is 0.220. The Balaban J connectivity index is 1.18. The van der Waals surface area contributed by atoms with Gasteiger partial charge in [0.25, 0.3) is 5.91 Å². The van der Waals surface area contributed by atoms with Crippen molar-refractivity contribution in [3.05, 3.63) is 108 Å². The van der Waals surface area contributed by atoms with Crippen LogP contribution in [0.15, 0.2) is 91.0 Å². The van der Waals surface area contributed by atoms with Crippen molar-refractivity contribution in [1.82, 2.24) is 5.32 Å². The third-order valence-electron chi connectivity index (χ3n) is 7.47. The van der Waals surface area contributed by atoms with Gasteiger partial charge in [0.05, 0.1) is 6.61 Å². The first-order valence-corrected chi connectivity index (χ1v) is 14.0. The fraction of sp³-hybridized carbons (Fsp3) is 0.294. The fourth-order valence-electron chi connectivity index (χ4n) is 5.21. The summed E-state index contributed by atoms with van der Waals surface area (Å²) in [7, 11) is 0.